The predicted octanol–water partition coefficient (Wildman–Crippen LogP) is 0.640. The first-order chi connectivity index (χ1) is 6.47. The normalized spacial score (nSPS) is 23.8. The molecule has 0 radical (unpaired) electrons. The van der Waals surface area contributed by atoms with Gasteiger partial charge in [0.25, 0.3) is 0 Å². The maximum absolute atomic E-state index is 6.28. The summed E-state index contributed by atoms with van der Waals surface area (Å²) in [5, 5.41) is 0. The molecular weight excluding hydrogens is 174 g/mol. The van der Waals surface area contributed by atoms with Gasteiger partial charge in [0.15, 0.2) is 0 Å². The third-order valence-corrected chi connectivity index (χ3v) is 3.70. The van der Waals surface area contributed by atoms with Crippen molar-refractivity contribution in [1.29, 1.82) is 0 Å². The third kappa shape index (κ3) is 2.69. The van der Waals surface area contributed by atoms with Crippen molar-refractivity contribution >= 4 is 0 Å². The minimum absolute atomic E-state index is 0.0839. The summed E-state index contributed by atoms with van der Waals surface area (Å²) in [7, 11) is 2.18. The van der Waals surface area contributed by atoms with Crippen LogP contribution >= 0.6 is 0 Å². The van der Waals surface area contributed by atoms with Gasteiger partial charge in [0.1, 0.15) is 0 Å². The zero-order valence-electron chi connectivity index (χ0n) is 9.79. The Morgan fingerprint density at radius 3 is 2.29 bits per heavy atom. The Balaban J connectivity index is 2.49. The highest BCUT2D eigenvalue weighted by Gasteiger charge is 2.32. The summed E-state index contributed by atoms with van der Waals surface area (Å²) in [5.74, 6) is 0.657. The van der Waals surface area contributed by atoms with Crippen LogP contribution in [0.2, 0.25) is 0 Å². The molecule has 0 saturated carbocycles. The van der Waals surface area contributed by atoms with Gasteiger partial charge in [0.05, 0.1) is 0 Å². The average molecular weight is 199 g/mol. The zero-order valence-corrected chi connectivity index (χ0v) is 9.79. The van der Waals surface area contributed by atoms with Crippen LogP contribution in [0.5, 0.6) is 0 Å². The minimum Gasteiger partial charge on any atom is -0.330 e. The summed E-state index contributed by atoms with van der Waals surface area (Å²) in [5.41, 5.74) is 12.1. The number of nitrogens with zero attached hydrogens (tertiary/aromatic N) is 1. The van der Waals surface area contributed by atoms with Crippen LogP contribution in [0.15, 0.2) is 0 Å². The monoisotopic (exact) mass is 199 g/mol. The molecule has 0 aromatic heterocycles. The van der Waals surface area contributed by atoms with E-state index in [-0.39, 0.29) is 11.5 Å². The van der Waals surface area contributed by atoms with Crippen molar-refractivity contribution in [2.24, 2.45) is 22.8 Å². The lowest BCUT2D eigenvalue weighted by Gasteiger charge is -2.40. The molecule has 3 nitrogen and oxygen atoms in total. The Morgan fingerprint density at radius 2 is 1.86 bits per heavy atom. The van der Waals surface area contributed by atoms with E-state index in [1.54, 1.807) is 0 Å². The Bertz CT molecular complexity index is 171. The van der Waals surface area contributed by atoms with E-state index in [9.17, 15) is 0 Å². The summed E-state index contributed by atoms with van der Waals surface area (Å²) in [6.45, 7) is 7.39. The van der Waals surface area contributed by atoms with Crippen molar-refractivity contribution in [3.05, 3.63) is 0 Å². The number of hydrogen-bond acceptors (Lipinski definition) is 3. The molecule has 1 aliphatic heterocycles. The van der Waals surface area contributed by atoms with Crippen LogP contribution in [0.3, 0.4) is 0 Å². The van der Waals surface area contributed by atoms with Crippen LogP contribution in [0, 0.1) is 11.3 Å². The fraction of sp³-hybridized carbons (Fsp3) is 1.00. The Hall–Kier alpha value is -0.120. The second-order valence-electron chi connectivity index (χ2n) is 5.36. The van der Waals surface area contributed by atoms with Crippen molar-refractivity contribution < 1.29 is 0 Å². The molecule has 0 aromatic carbocycles. The summed E-state index contributed by atoms with van der Waals surface area (Å²) >= 11 is 0. The van der Waals surface area contributed by atoms with Crippen LogP contribution in [0.25, 0.3) is 0 Å². The lowest BCUT2D eigenvalue weighted by Crippen LogP contribution is -2.50. The molecule has 1 aliphatic rings. The van der Waals surface area contributed by atoms with Gasteiger partial charge >= 0.3 is 0 Å². The molecule has 84 valence electrons. The van der Waals surface area contributed by atoms with Gasteiger partial charge in [0, 0.05) is 6.04 Å². The number of nitrogens with two attached hydrogens (primary N) is 2. The SMILES string of the molecule is CN1CCC(C(N)C(C)(C)CN)CC1. The van der Waals surface area contributed by atoms with E-state index < -0.39 is 0 Å². The van der Waals surface area contributed by atoms with Crippen LogP contribution < -0.4 is 11.5 Å². The van der Waals surface area contributed by atoms with E-state index in [0.717, 1.165) is 0 Å². The topological polar surface area (TPSA) is 55.3 Å². The number of piperidine rings is 1. The highest BCUT2D eigenvalue weighted by atomic mass is 15.1. The maximum atomic E-state index is 6.28. The lowest BCUT2D eigenvalue weighted by molar-refractivity contribution is 0.142. The zero-order chi connectivity index (χ0) is 10.8. The van der Waals surface area contributed by atoms with Gasteiger partial charge in [-0.1, -0.05) is 13.8 Å². The molecule has 0 amide bonds. The quantitative estimate of drug-likeness (QED) is 0.701. The van der Waals surface area contributed by atoms with Crippen LogP contribution in [0.4, 0.5) is 0 Å². The first-order valence-corrected chi connectivity index (χ1v) is 5.61. The van der Waals surface area contributed by atoms with E-state index in [1.165, 1.54) is 25.9 Å². The third-order valence-electron chi connectivity index (χ3n) is 3.70. The van der Waals surface area contributed by atoms with E-state index in [2.05, 4.69) is 25.8 Å². The highest BCUT2D eigenvalue weighted by molar-refractivity contribution is 4.89. The molecule has 1 saturated heterocycles. The van der Waals surface area contributed by atoms with E-state index in [0.29, 0.717) is 12.5 Å². The largest absolute Gasteiger partial charge is 0.330 e. The molecule has 1 unspecified atom stereocenters. The van der Waals surface area contributed by atoms with Crippen LogP contribution in [-0.4, -0.2) is 37.6 Å². The molecule has 0 bridgehead atoms. The van der Waals surface area contributed by atoms with Gasteiger partial charge in [-0.2, -0.15) is 0 Å². The first kappa shape index (κ1) is 12.0. The number of hydrogen-bond donors (Lipinski definition) is 2. The summed E-state index contributed by atoms with van der Waals surface area (Å²) in [4.78, 5) is 2.37. The second-order valence-corrected chi connectivity index (χ2v) is 5.36. The fourth-order valence-corrected chi connectivity index (χ4v) is 2.16. The Kier molecular flexibility index (Phi) is 3.93. The lowest BCUT2D eigenvalue weighted by atomic mass is 9.74. The smallest absolute Gasteiger partial charge is 0.0132 e. The maximum Gasteiger partial charge on any atom is 0.0132 e. The number of likely N-dealkylation sites (tertiary alicyclic amines) is 1. The molecule has 1 heterocycles. The standard InChI is InChI=1S/C11H25N3/c1-11(2,8-12)10(13)9-4-6-14(3)7-5-9/h9-10H,4-8,12-13H2,1-3H3. The molecule has 0 aliphatic carbocycles. The van der Waals surface area contributed by atoms with Crippen molar-refractivity contribution in [3.63, 3.8) is 0 Å². The van der Waals surface area contributed by atoms with Crippen LogP contribution in [0.1, 0.15) is 26.7 Å². The molecule has 1 atom stereocenters. The fourth-order valence-electron chi connectivity index (χ4n) is 2.16. The molecule has 1 rings (SSSR count). The summed E-state index contributed by atoms with van der Waals surface area (Å²) < 4.78 is 0. The van der Waals surface area contributed by atoms with Gasteiger partial charge < -0.3 is 16.4 Å². The molecule has 3 heteroatoms. The molecule has 14 heavy (non-hydrogen) atoms. The Labute approximate surface area is 87.8 Å². The average Bonchev–Trinajstić information content (AvgIpc) is 2.18. The molecule has 4 N–H and O–H groups in total. The van der Waals surface area contributed by atoms with Gasteiger partial charge in [0.2, 0.25) is 0 Å². The number of rotatable bonds is 3. The van der Waals surface area contributed by atoms with Gasteiger partial charge in [-0.3, -0.25) is 0 Å². The molecule has 0 aromatic rings. The van der Waals surface area contributed by atoms with Crippen LogP contribution in [-0.2, 0) is 0 Å². The van der Waals surface area contributed by atoms with Crippen molar-refractivity contribution in [1.82, 2.24) is 4.90 Å². The van der Waals surface area contributed by atoms with Crippen molar-refractivity contribution in [3.8, 4) is 0 Å². The van der Waals surface area contributed by atoms with Crippen molar-refractivity contribution in [2.75, 3.05) is 26.7 Å². The highest BCUT2D eigenvalue weighted by Crippen LogP contribution is 2.29. The van der Waals surface area contributed by atoms with Gasteiger partial charge in [-0.05, 0) is 50.9 Å². The predicted molar refractivity (Wildman–Crippen MR) is 61.0 cm³/mol. The summed E-state index contributed by atoms with van der Waals surface area (Å²) in [6.07, 6.45) is 2.45. The summed E-state index contributed by atoms with van der Waals surface area (Å²) in [6, 6.07) is 0.251. The van der Waals surface area contributed by atoms with E-state index in [4.69, 9.17) is 11.5 Å². The second kappa shape index (κ2) is 4.60. The van der Waals surface area contributed by atoms with Gasteiger partial charge in [-0.15, -0.1) is 0 Å². The van der Waals surface area contributed by atoms with Gasteiger partial charge in [-0.25, -0.2) is 0 Å². The van der Waals surface area contributed by atoms with Crippen molar-refractivity contribution in [2.45, 2.75) is 32.7 Å². The van der Waals surface area contributed by atoms with E-state index >= 15 is 0 Å². The first-order valence-electron chi connectivity index (χ1n) is 5.61. The van der Waals surface area contributed by atoms with E-state index in [1.807, 2.05) is 0 Å². The molecule has 0 spiro atoms. The molecule has 1 fully saturated rings. The minimum atomic E-state index is 0.0839. The molecular formula is C11H25N3. The Morgan fingerprint density at radius 1 is 1.36 bits per heavy atom.